The molecule has 23 heavy (non-hydrogen) atoms. The third kappa shape index (κ3) is 7.30. The Labute approximate surface area is 136 Å². The monoisotopic (exact) mass is 318 g/mol. The lowest BCUT2D eigenvalue weighted by atomic mass is 10.2. The van der Waals surface area contributed by atoms with Gasteiger partial charge in [0.15, 0.2) is 6.04 Å². The second kappa shape index (κ2) is 10.2. The van der Waals surface area contributed by atoms with Gasteiger partial charge in [-0.3, -0.25) is 0 Å². The van der Waals surface area contributed by atoms with Gasteiger partial charge in [0.05, 0.1) is 6.10 Å². The van der Waals surface area contributed by atoms with E-state index in [0.29, 0.717) is 0 Å². The maximum atomic E-state index is 9.03. The van der Waals surface area contributed by atoms with Crippen LogP contribution in [0.4, 0.5) is 0 Å². The van der Waals surface area contributed by atoms with Gasteiger partial charge in [0.25, 0.3) is 0 Å². The Morgan fingerprint density at radius 2 is 1.35 bits per heavy atom. The van der Waals surface area contributed by atoms with Gasteiger partial charge in [0, 0.05) is 35.9 Å². The molecular weight excluding hydrogens is 294 g/mol. The largest absolute Gasteiger partial charge is 0.389 e. The van der Waals surface area contributed by atoms with E-state index in [-0.39, 0.29) is 13.5 Å². The van der Waals surface area contributed by atoms with E-state index >= 15 is 0 Å². The highest BCUT2D eigenvalue weighted by Crippen LogP contribution is 2.12. The molecule has 8 heteroatoms. The molecule has 0 saturated carbocycles. The van der Waals surface area contributed by atoms with Crippen LogP contribution in [0.25, 0.3) is 0 Å². The molecule has 0 aliphatic rings. The topological polar surface area (TPSA) is 122 Å². The summed E-state index contributed by atoms with van der Waals surface area (Å²) in [4.78, 5) is 18.8. The summed E-state index contributed by atoms with van der Waals surface area (Å²) < 4.78 is 0. The number of aryl methyl sites for hydroxylation is 2. The Morgan fingerprint density at radius 3 is 1.70 bits per heavy atom. The number of rotatable bonds is 3. The number of nitrogens with one attached hydrogen (secondary N) is 1. The maximum Gasteiger partial charge on any atom is 0.214 e. The van der Waals surface area contributed by atoms with Crippen molar-refractivity contribution in [2.45, 2.75) is 47.3 Å². The summed E-state index contributed by atoms with van der Waals surface area (Å²) in [5, 5.41) is 12.7. The zero-order chi connectivity index (χ0) is 16.5. The molecule has 2 heterocycles. The van der Waals surface area contributed by atoms with Crippen LogP contribution in [0, 0.1) is 19.4 Å². The first-order valence-electron chi connectivity index (χ1n) is 6.75. The van der Waals surface area contributed by atoms with E-state index in [2.05, 4.69) is 30.0 Å². The highest BCUT2D eigenvalue weighted by molar-refractivity contribution is 5.09. The van der Waals surface area contributed by atoms with Crippen LogP contribution in [0.2, 0.25) is 0 Å². The van der Waals surface area contributed by atoms with Crippen molar-refractivity contribution in [3.05, 3.63) is 47.6 Å². The lowest BCUT2D eigenvalue weighted by molar-refractivity contribution is 0.198. The molecule has 2 N–H and O–H groups in total. The molecule has 0 saturated heterocycles. The van der Waals surface area contributed by atoms with Crippen molar-refractivity contribution < 1.29 is 5.11 Å². The SMILES string of the molecule is C.Cc1ncc(C(C)N=[N+]=N)cn1.Cc1ncc(C(C)O)cn1. The van der Waals surface area contributed by atoms with Crippen molar-refractivity contribution in [3.8, 4) is 0 Å². The molecule has 2 unspecified atom stereocenters. The summed E-state index contributed by atoms with van der Waals surface area (Å²) in [5.74, 6) is 1.46. The van der Waals surface area contributed by atoms with Crippen molar-refractivity contribution in [1.29, 1.82) is 5.53 Å². The average molecular weight is 318 g/mol. The van der Waals surface area contributed by atoms with Gasteiger partial charge in [0.2, 0.25) is 4.91 Å². The molecule has 2 atom stereocenters. The molecule has 0 spiro atoms. The minimum atomic E-state index is -0.472. The highest BCUT2D eigenvalue weighted by atomic mass is 16.3. The van der Waals surface area contributed by atoms with E-state index in [4.69, 9.17) is 10.6 Å². The van der Waals surface area contributed by atoms with Crippen LogP contribution in [0.3, 0.4) is 0 Å². The van der Waals surface area contributed by atoms with E-state index in [0.717, 1.165) is 22.8 Å². The van der Waals surface area contributed by atoms with Crippen molar-refractivity contribution in [2.75, 3.05) is 0 Å². The first-order valence-corrected chi connectivity index (χ1v) is 6.75. The first-order chi connectivity index (χ1) is 10.4. The van der Waals surface area contributed by atoms with Crippen LogP contribution in [0.15, 0.2) is 29.9 Å². The van der Waals surface area contributed by atoms with Gasteiger partial charge in [-0.25, -0.2) is 19.9 Å². The fourth-order valence-corrected chi connectivity index (χ4v) is 1.39. The standard InChI is InChI=1S/C7H10N5.C7H10N2O.CH4/c1-5(11-12-8)7-3-9-6(2)10-4-7;1-5(10)7-3-8-6(2)9-4-7;/h3-5,8H,1-2H3;3-5,10H,1-2H3;1H4/q+1;;. The van der Waals surface area contributed by atoms with Gasteiger partial charge >= 0.3 is 0 Å². The van der Waals surface area contributed by atoms with Crippen LogP contribution in [0.1, 0.15) is 56.2 Å². The number of aliphatic hydroxyl groups is 1. The molecule has 0 aromatic carbocycles. The molecule has 8 nitrogen and oxygen atoms in total. The molecule has 0 aliphatic heterocycles. The molecule has 0 amide bonds. The molecule has 0 aliphatic carbocycles. The van der Waals surface area contributed by atoms with Gasteiger partial charge in [-0.1, -0.05) is 7.43 Å². The Bertz CT molecular complexity index is 619. The van der Waals surface area contributed by atoms with Crippen molar-refractivity contribution in [3.63, 3.8) is 0 Å². The van der Waals surface area contributed by atoms with Gasteiger partial charge in [-0.05, 0) is 27.7 Å². The number of hydrogen-bond donors (Lipinski definition) is 2. The fraction of sp³-hybridized carbons (Fsp3) is 0.467. The van der Waals surface area contributed by atoms with E-state index < -0.39 is 6.10 Å². The van der Waals surface area contributed by atoms with E-state index in [9.17, 15) is 0 Å². The van der Waals surface area contributed by atoms with Gasteiger partial charge in [-0.15, -0.1) is 0 Å². The maximum absolute atomic E-state index is 9.03. The average Bonchev–Trinajstić information content (AvgIpc) is 2.49. The van der Waals surface area contributed by atoms with Crippen LogP contribution in [0.5, 0.6) is 0 Å². The summed E-state index contributed by atoms with van der Waals surface area (Å²) in [6.07, 6.45) is 6.18. The van der Waals surface area contributed by atoms with Crippen LogP contribution < -0.4 is 4.91 Å². The molecule has 124 valence electrons. The second-order valence-electron chi connectivity index (χ2n) is 4.69. The van der Waals surface area contributed by atoms with Crippen LogP contribution in [-0.4, -0.2) is 25.0 Å². The molecular formula is C15H24N7O+. The van der Waals surface area contributed by atoms with Crippen LogP contribution >= 0.6 is 0 Å². The Hall–Kier alpha value is -2.57. The van der Waals surface area contributed by atoms with Gasteiger partial charge < -0.3 is 5.11 Å². The molecule has 2 aromatic rings. The Balaban J connectivity index is 0.000000409. The molecule has 0 fully saturated rings. The Kier molecular flexibility index (Phi) is 9.07. The lowest BCUT2D eigenvalue weighted by Gasteiger charge is -2.01. The summed E-state index contributed by atoms with van der Waals surface area (Å²) in [7, 11) is 0. The number of nitrogens with zero attached hydrogens (tertiary/aromatic N) is 6. The van der Waals surface area contributed by atoms with Crippen molar-refractivity contribution in [1.82, 2.24) is 24.8 Å². The second-order valence-corrected chi connectivity index (χ2v) is 4.69. The van der Waals surface area contributed by atoms with Gasteiger partial charge in [0.1, 0.15) is 22.3 Å². The normalized spacial score (nSPS) is 11.9. The lowest BCUT2D eigenvalue weighted by Crippen LogP contribution is -1.94. The zero-order valence-corrected chi connectivity index (χ0v) is 13.1. The predicted molar refractivity (Wildman–Crippen MR) is 86.6 cm³/mol. The number of aliphatic hydroxyl groups excluding tert-OH is 1. The van der Waals surface area contributed by atoms with Gasteiger partial charge in [-0.2, -0.15) is 0 Å². The first kappa shape index (κ1) is 20.4. The van der Waals surface area contributed by atoms with Crippen molar-refractivity contribution >= 4 is 0 Å². The van der Waals surface area contributed by atoms with Crippen LogP contribution in [-0.2, 0) is 0 Å². The molecule has 0 bridgehead atoms. The third-order valence-electron chi connectivity index (χ3n) is 2.80. The van der Waals surface area contributed by atoms with Crippen molar-refractivity contribution in [2.24, 2.45) is 5.11 Å². The zero-order valence-electron chi connectivity index (χ0n) is 13.1. The minimum Gasteiger partial charge on any atom is -0.389 e. The molecule has 2 rings (SSSR count). The smallest absolute Gasteiger partial charge is 0.214 e. The van der Waals surface area contributed by atoms with E-state index in [1.165, 1.54) is 0 Å². The van der Waals surface area contributed by atoms with E-state index in [1.54, 1.807) is 31.7 Å². The quantitative estimate of drug-likeness (QED) is 0.665. The predicted octanol–water partition coefficient (Wildman–Crippen LogP) is 2.87. The fourth-order valence-electron chi connectivity index (χ4n) is 1.39. The minimum absolute atomic E-state index is 0. The number of aromatic nitrogens is 4. The molecule has 2 aromatic heterocycles. The van der Waals surface area contributed by atoms with E-state index in [1.807, 2.05) is 20.8 Å². The summed E-state index contributed by atoms with van der Waals surface area (Å²) >= 11 is 0. The summed E-state index contributed by atoms with van der Waals surface area (Å²) in [5.41, 5.74) is 8.17. The Morgan fingerprint density at radius 1 is 0.957 bits per heavy atom. The molecule has 0 radical (unpaired) electrons. The summed E-state index contributed by atoms with van der Waals surface area (Å²) in [6, 6.07) is -0.136. The highest BCUT2D eigenvalue weighted by Gasteiger charge is 2.08. The summed E-state index contributed by atoms with van der Waals surface area (Å²) in [6.45, 7) is 7.16. The third-order valence-corrected chi connectivity index (χ3v) is 2.80. The number of hydrogen-bond acceptors (Lipinski definition) is 7.